The third kappa shape index (κ3) is 3.09. The minimum atomic E-state index is -4.44. The van der Waals surface area contributed by atoms with Gasteiger partial charge in [-0.15, -0.1) is 0 Å². The fourth-order valence-corrected chi connectivity index (χ4v) is 4.91. The highest BCUT2D eigenvalue weighted by Crippen LogP contribution is 2.43. The summed E-state index contributed by atoms with van der Waals surface area (Å²) >= 11 is 0. The lowest BCUT2D eigenvalue weighted by molar-refractivity contribution is -0.141. The molecule has 3 saturated heterocycles. The molecule has 0 atom stereocenters. The summed E-state index contributed by atoms with van der Waals surface area (Å²) in [6.45, 7) is 6.27. The molecule has 6 rings (SSSR count). The van der Waals surface area contributed by atoms with Crippen LogP contribution in [0.4, 0.5) is 24.8 Å². The minimum Gasteiger partial charge on any atom is -0.377 e. The maximum atomic E-state index is 13.0. The first-order valence-corrected chi connectivity index (χ1v) is 10.6. The van der Waals surface area contributed by atoms with Gasteiger partial charge < -0.3 is 14.5 Å². The van der Waals surface area contributed by atoms with Gasteiger partial charge in [-0.05, 0) is 25.5 Å². The number of alkyl halides is 3. The third-order valence-corrected chi connectivity index (χ3v) is 6.76. The van der Waals surface area contributed by atoms with Gasteiger partial charge in [0.2, 0.25) is 5.95 Å². The van der Waals surface area contributed by atoms with E-state index in [0.29, 0.717) is 37.9 Å². The SMILES string of the molecule is Cc1nn(C2COC2)c2nc(N3CCC4(CN(c5ccnc(C(F)(F)F)c5)C4)C3)ncc12. The van der Waals surface area contributed by atoms with Gasteiger partial charge in [-0.25, -0.2) is 9.67 Å². The van der Waals surface area contributed by atoms with Gasteiger partial charge in [-0.1, -0.05) is 0 Å². The zero-order valence-corrected chi connectivity index (χ0v) is 17.5. The molecule has 168 valence electrons. The Morgan fingerprint density at radius 3 is 2.62 bits per heavy atom. The van der Waals surface area contributed by atoms with Crippen LogP contribution in [0.2, 0.25) is 0 Å². The highest BCUT2D eigenvalue weighted by Gasteiger charge is 2.48. The molecule has 3 aromatic rings. The van der Waals surface area contributed by atoms with Crippen LogP contribution in [0.5, 0.6) is 0 Å². The predicted molar refractivity (Wildman–Crippen MR) is 111 cm³/mol. The first kappa shape index (κ1) is 19.7. The van der Waals surface area contributed by atoms with E-state index in [1.54, 1.807) is 6.07 Å². The largest absolute Gasteiger partial charge is 0.433 e. The number of pyridine rings is 1. The van der Waals surface area contributed by atoms with E-state index in [9.17, 15) is 13.2 Å². The molecule has 0 N–H and O–H groups in total. The number of ether oxygens (including phenoxy) is 1. The number of rotatable bonds is 3. The van der Waals surface area contributed by atoms with Crippen LogP contribution in [0.15, 0.2) is 24.5 Å². The minimum absolute atomic E-state index is 0.0396. The summed E-state index contributed by atoms with van der Waals surface area (Å²) in [4.78, 5) is 17.0. The number of hydrogen-bond donors (Lipinski definition) is 0. The molecule has 8 nitrogen and oxygen atoms in total. The smallest absolute Gasteiger partial charge is 0.377 e. The molecule has 3 aliphatic rings. The van der Waals surface area contributed by atoms with Gasteiger partial charge >= 0.3 is 6.18 Å². The highest BCUT2D eigenvalue weighted by molar-refractivity contribution is 5.78. The van der Waals surface area contributed by atoms with Crippen molar-refractivity contribution in [3.8, 4) is 0 Å². The van der Waals surface area contributed by atoms with E-state index in [1.165, 1.54) is 6.20 Å². The fraction of sp³-hybridized carbons (Fsp3) is 0.524. The van der Waals surface area contributed by atoms with E-state index in [-0.39, 0.29) is 11.5 Å². The van der Waals surface area contributed by atoms with Crippen molar-refractivity contribution in [1.29, 1.82) is 0 Å². The Labute approximate surface area is 182 Å². The van der Waals surface area contributed by atoms with Gasteiger partial charge in [-0.2, -0.15) is 23.3 Å². The van der Waals surface area contributed by atoms with Crippen LogP contribution in [0.25, 0.3) is 11.0 Å². The maximum absolute atomic E-state index is 13.0. The number of aromatic nitrogens is 5. The van der Waals surface area contributed by atoms with E-state index in [0.717, 1.165) is 42.3 Å². The number of nitrogens with zero attached hydrogens (tertiary/aromatic N) is 7. The van der Waals surface area contributed by atoms with Crippen LogP contribution < -0.4 is 9.80 Å². The number of halogens is 3. The second-order valence-electron chi connectivity index (χ2n) is 9.05. The summed E-state index contributed by atoms with van der Waals surface area (Å²) in [7, 11) is 0. The second kappa shape index (κ2) is 6.77. The van der Waals surface area contributed by atoms with Gasteiger partial charge in [0.15, 0.2) is 5.65 Å². The second-order valence-corrected chi connectivity index (χ2v) is 9.05. The Bertz CT molecular complexity index is 1180. The van der Waals surface area contributed by atoms with E-state index >= 15 is 0 Å². The van der Waals surface area contributed by atoms with E-state index in [1.807, 2.05) is 22.7 Å². The molecular formula is C21H22F3N7O. The quantitative estimate of drug-likeness (QED) is 0.614. The van der Waals surface area contributed by atoms with Gasteiger partial charge in [0, 0.05) is 49.7 Å². The third-order valence-electron chi connectivity index (χ3n) is 6.76. The summed E-state index contributed by atoms with van der Waals surface area (Å²) in [6, 6.07) is 2.98. The molecule has 1 spiro atoms. The van der Waals surface area contributed by atoms with Crippen LogP contribution in [0.3, 0.4) is 0 Å². The van der Waals surface area contributed by atoms with Crippen molar-refractivity contribution in [1.82, 2.24) is 24.7 Å². The summed E-state index contributed by atoms with van der Waals surface area (Å²) in [5.41, 5.74) is 1.48. The molecule has 6 heterocycles. The van der Waals surface area contributed by atoms with Crippen LogP contribution in [0.1, 0.15) is 23.9 Å². The first-order valence-electron chi connectivity index (χ1n) is 10.6. The van der Waals surface area contributed by atoms with Crippen molar-refractivity contribution >= 4 is 22.7 Å². The van der Waals surface area contributed by atoms with Crippen molar-refractivity contribution in [2.24, 2.45) is 5.41 Å². The molecule has 3 aromatic heterocycles. The average Bonchev–Trinajstić information content (AvgIpc) is 3.28. The molecule has 0 amide bonds. The van der Waals surface area contributed by atoms with Crippen LogP contribution in [0, 0.1) is 12.3 Å². The van der Waals surface area contributed by atoms with Crippen LogP contribution in [-0.4, -0.2) is 64.1 Å². The number of aryl methyl sites for hydroxylation is 1. The Morgan fingerprint density at radius 1 is 1.12 bits per heavy atom. The molecule has 0 bridgehead atoms. The van der Waals surface area contributed by atoms with Crippen molar-refractivity contribution < 1.29 is 17.9 Å². The monoisotopic (exact) mass is 445 g/mol. The normalized spacial score (nSPS) is 20.8. The van der Waals surface area contributed by atoms with E-state index in [2.05, 4.69) is 20.0 Å². The van der Waals surface area contributed by atoms with Crippen molar-refractivity contribution in [2.45, 2.75) is 25.6 Å². The molecule has 3 aliphatic heterocycles. The fourth-order valence-electron chi connectivity index (χ4n) is 4.91. The standard InChI is InChI=1S/C21H22F3N7O/c1-13-16-7-26-19(27-18(16)31(28-13)15-8-32-9-15)29-5-3-20(10-29)11-30(12-20)14-2-4-25-17(6-14)21(22,23)24/h2,4,6-7,15H,3,5,8-12H2,1H3. The van der Waals surface area contributed by atoms with Gasteiger partial charge in [0.1, 0.15) is 11.7 Å². The Balaban J connectivity index is 1.19. The Kier molecular flexibility index (Phi) is 4.17. The molecule has 0 saturated carbocycles. The zero-order chi connectivity index (χ0) is 22.1. The van der Waals surface area contributed by atoms with E-state index in [4.69, 9.17) is 9.72 Å². The summed E-state index contributed by atoms with van der Waals surface area (Å²) < 4.78 is 46.2. The summed E-state index contributed by atoms with van der Waals surface area (Å²) in [5, 5.41) is 5.57. The molecule has 3 fully saturated rings. The Morgan fingerprint density at radius 2 is 1.91 bits per heavy atom. The summed E-state index contributed by atoms with van der Waals surface area (Å²) in [6.07, 6.45) is -0.415. The van der Waals surface area contributed by atoms with Crippen LogP contribution in [-0.2, 0) is 10.9 Å². The highest BCUT2D eigenvalue weighted by atomic mass is 19.4. The molecule has 0 unspecified atom stereocenters. The number of hydrogen-bond acceptors (Lipinski definition) is 7. The molecule has 0 aromatic carbocycles. The van der Waals surface area contributed by atoms with E-state index < -0.39 is 11.9 Å². The number of anilines is 2. The number of fused-ring (bicyclic) bond motifs is 1. The van der Waals surface area contributed by atoms with Gasteiger partial charge in [0.05, 0.1) is 24.3 Å². The van der Waals surface area contributed by atoms with Gasteiger partial charge in [0.25, 0.3) is 0 Å². The lowest BCUT2D eigenvalue weighted by atomic mass is 9.79. The van der Waals surface area contributed by atoms with Crippen molar-refractivity contribution in [3.63, 3.8) is 0 Å². The molecule has 0 aliphatic carbocycles. The molecule has 0 radical (unpaired) electrons. The lowest BCUT2D eigenvalue weighted by Crippen LogP contribution is -2.57. The lowest BCUT2D eigenvalue weighted by Gasteiger charge is -2.49. The van der Waals surface area contributed by atoms with Crippen molar-refractivity contribution in [2.75, 3.05) is 49.2 Å². The molecular weight excluding hydrogens is 423 g/mol. The predicted octanol–water partition coefficient (Wildman–Crippen LogP) is 2.84. The van der Waals surface area contributed by atoms with Crippen molar-refractivity contribution in [3.05, 3.63) is 35.9 Å². The average molecular weight is 445 g/mol. The van der Waals surface area contributed by atoms with Gasteiger partial charge in [-0.3, -0.25) is 4.98 Å². The first-order chi connectivity index (χ1) is 15.3. The molecule has 11 heteroatoms. The Hall–Kier alpha value is -2.95. The zero-order valence-electron chi connectivity index (χ0n) is 17.5. The van der Waals surface area contributed by atoms with Crippen LogP contribution >= 0.6 is 0 Å². The maximum Gasteiger partial charge on any atom is 0.433 e. The molecule has 32 heavy (non-hydrogen) atoms. The summed E-state index contributed by atoms with van der Waals surface area (Å²) in [5.74, 6) is 0.678. The topological polar surface area (TPSA) is 72.2 Å².